The van der Waals surface area contributed by atoms with Gasteiger partial charge in [-0.15, -0.1) is 0 Å². The molecule has 0 atom stereocenters. The Morgan fingerprint density at radius 3 is 2.57 bits per heavy atom. The van der Waals surface area contributed by atoms with Crippen molar-refractivity contribution < 1.29 is 22.4 Å². The highest BCUT2D eigenvalue weighted by atomic mass is 19.4. The molecule has 2 aromatic rings. The van der Waals surface area contributed by atoms with Gasteiger partial charge in [0.05, 0.1) is 16.9 Å². The molecule has 1 amide bonds. The van der Waals surface area contributed by atoms with Crippen molar-refractivity contribution in [3.8, 4) is 0 Å². The molecule has 1 aromatic carbocycles. The quantitative estimate of drug-likeness (QED) is 0.837. The molecule has 0 saturated carbocycles. The molecule has 0 fully saturated rings. The van der Waals surface area contributed by atoms with Crippen molar-refractivity contribution in [1.82, 2.24) is 9.78 Å². The Hall–Kier alpha value is -2.58. The van der Waals surface area contributed by atoms with E-state index in [4.69, 9.17) is 5.73 Å². The van der Waals surface area contributed by atoms with Crippen LogP contribution in [0.2, 0.25) is 0 Å². The molecule has 9 heteroatoms. The first-order valence-electron chi connectivity index (χ1n) is 5.65. The summed E-state index contributed by atoms with van der Waals surface area (Å²) in [5.74, 6) is -1.89. The summed E-state index contributed by atoms with van der Waals surface area (Å²) >= 11 is 0. The lowest BCUT2D eigenvalue weighted by atomic mass is 10.2. The van der Waals surface area contributed by atoms with Crippen LogP contribution in [0.5, 0.6) is 0 Å². The summed E-state index contributed by atoms with van der Waals surface area (Å²) in [4.78, 5) is 11.8. The molecule has 0 bridgehead atoms. The molecule has 3 N–H and O–H groups in total. The number of halogens is 4. The van der Waals surface area contributed by atoms with Gasteiger partial charge < -0.3 is 11.1 Å². The Morgan fingerprint density at radius 1 is 1.38 bits per heavy atom. The summed E-state index contributed by atoms with van der Waals surface area (Å²) in [7, 11) is 1.51. The molecule has 1 heterocycles. The van der Waals surface area contributed by atoms with Crippen LogP contribution in [0.1, 0.15) is 16.1 Å². The van der Waals surface area contributed by atoms with E-state index in [2.05, 4.69) is 5.10 Å². The van der Waals surface area contributed by atoms with Crippen molar-refractivity contribution in [2.24, 2.45) is 7.05 Å². The number of amides is 1. The van der Waals surface area contributed by atoms with Crippen LogP contribution in [-0.4, -0.2) is 15.7 Å². The van der Waals surface area contributed by atoms with E-state index < -0.39 is 29.2 Å². The number of alkyl halides is 3. The van der Waals surface area contributed by atoms with Crippen molar-refractivity contribution in [3.63, 3.8) is 0 Å². The van der Waals surface area contributed by atoms with Crippen LogP contribution in [0, 0.1) is 5.82 Å². The second kappa shape index (κ2) is 5.08. The van der Waals surface area contributed by atoms with Gasteiger partial charge in [-0.05, 0) is 18.2 Å². The van der Waals surface area contributed by atoms with E-state index in [9.17, 15) is 22.4 Å². The molecule has 0 radical (unpaired) electrons. The molecule has 0 aliphatic rings. The van der Waals surface area contributed by atoms with Crippen LogP contribution in [-0.2, 0) is 13.2 Å². The number of aryl methyl sites for hydroxylation is 1. The molecule has 0 aliphatic carbocycles. The van der Waals surface area contributed by atoms with E-state index in [0.29, 0.717) is 18.2 Å². The molecule has 0 aliphatic heterocycles. The summed E-state index contributed by atoms with van der Waals surface area (Å²) in [5.41, 5.74) is 3.67. The number of hydrogen-bond donors (Lipinski definition) is 2. The Bertz CT molecular complexity index is 693. The van der Waals surface area contributed by atoms with Crippen LogP contribution in [0.25, 0.3) is 0 Å². The SMILES string of the molecule is Cn1cc(N)c(C(=O)Nc2cc(C(F)(F)F)ccc2F)n1. The van der Waals surface area contributed by atoms with Crippen molar-refractivity contribution in [3.05, 3.63) is 41.5 Å². The number of nitrogens with one attached hydrogen (secondary N) is 1. The van der Waals surface area contributed by atoms with E-state index in [0.717, 1.165) is 0 Å². The minimum Gasteiger partial charge on any atom is -0.396 e. The first-order valence-corrected chi connectivity index (χ1v) is 5.65. The highest BCUT2D eigenvalue weighted by molar-refractivity contribution is 6.06. The van der Waals surface area contributed by atoms with Crippen LogP contribution in [0.15, 0.2) is 24.4 Å². The maximum Gasteiger partial charge on any atom is 0.416 e. The standard InChI is InChI=1S/C12H10F4N4O/c1-20-5-8(17)10(19-20)11(21)18-9-4-6(12(14,15)16)2-3-7(9)13/h2-5H,17H2,1H3,(H,18,21). The zero-order valence-electron chi connectivity index (χ0n) is 10.7. The number of benzene rings is 1. The topological polar surface area (TPSA) is 72.9 Å². The number of carbonyl (C=O) groups excluding carboxylic acids is 1. The van der Waals surface area contributed by atoms with E-state index in [1.54, 1.807) is 0 Å². The minimum absolute atomic E-state index is 0.0300. The molecule has 0 spiro atoms. The minimum atomic E-state index is -4.64. The fraction of sp³-hybridized carbons (Fsp3) is 0.167. The summed E-state index contributed by atoms with van der Waals surface area (Å²) in [5, 5.41) is 5.77. The van der Waals surface area contributed by atoms with Gasteiger partial charge in [-0.2, -0.15) is 18.3 Å². The second-order valence-corrected chi connectivity index (χ2v) is 4.25. The van der Waals surface area contributed by atoms with Gasteiger partial charge in [0.15, 0.2) is 5.69 Å². The molecule has 21 heavy (non-hydrogen) atoms. The molecule has 1 aromatic heterocycles. The number of hydrogen-bond acceptors (Lipinski definition) is 3. The third-order valence-corrected chi connectivity index (χ3v) is 2.61. The molecular formula is C12H10F4N4O. The van der Waals surface area contributed by atoms with Gasteiger partial charge in [-0.3, -0.25) is 9.48 Å². The van der Waals surface area contributed by atoms with E-state index in [-0.39, 0.29) is 11.4 Å². The van der Waals surface area contributed by atoms with E-state index >= 15 is 0 Å². The highest BCUT2D eigenvalue weighted by Crippen LogP contribution is 2.32. The lowest BCUT2D eigenvalue weighted by Gasteiger charge is -2.10. The van der Waals surface area contributed by atoms with Gasteiger partial charge in [0.2, 0.25) is 0 Å². The van der Waals surface area contributed by atoms with Crippen LogP contribution < -0.4 is 11.1 Å². The summed E-state index contributed by atoms with van der Waals surface area (Å²) in [6.45, 7) is 0. The second-order valence-electron chi connectivity index (χ2n) is 4.25. The third-order valence-electron chi connectivity index (χ3n) is 2.61. The van der Waals surface area contributed by atoms with Gasteiger partial charge in [-0.25, -0.2) is 4.39 Å². The third kappa shape index (κ3) is 3.12. The number of nitrogens with two attached hydrogens (primary N) is 1. The molecule has 112 valence electrons. The monoisotopic (exact) mass is 302 g/mol. The first-order chi connectivity index (χ1) is 9.68. The maximum atomic E-state index is 13.5. The van der Waals surface area contributed by atoms with Crippen molar-refractivity contribution in [2.75, 3.05) is 11.1 Å². The predicted molar refractivity (Wildman–Crippen MR) is 67.0 cm³/mol. The summed E-state index contributed by atoms with van der Waals surface area (Å²) in [6, 6.07) is 1.71. The molecular weight excluding hydrogens is 292 g/mol. The Kier molecular flexibility index (Phi) is 3.58. The van der Waals surface area contributed by atoms with E-state index in [1.165, 1.54) is 17.9 Å². The van der Waals surface area contributed by atoms with Crippen LogP contribution in [0.3, 0.4) is 0 Å². The largest absolute Gasteiger partial charge is 0.416 e. The van der Waals surface area contributed by atoms with Crippen LogP contribution in [0.4, 0.5) is 28.9 Å². The fourth-order valence-corrected chi connectivity index (χ4v) is 1.66. The number of carbonyl (C=O) groups is 1. The number of nitrogens with zero attached hydrogens (tertiary/aromatic N) is 2. The smallest absolute Gasteiger partial charge is 0.396 e. The number of anilines is 2. The van der Waals surface area contributed by atoms with Gasteiger partial charge in [0.25, 0.3) is 5.91 Å². The molecule has 5 nitrogen and oxygen atoms in total. The summed E-state index contributed by atoms with van der Waals surface area (Å²) in [6.07, 6.45) is -3.30. The number of nitrogen functional groups attached to an aromatic ring is 1. The highest BCUT2D eigenvalue weighted by Gasteiger charge is 2.31. The van der Waals surface area contributed by atoms with Crippen molar-refractivity contribution >= 4 is 17.3 Å². The van der Waals surface area contributed by atoms with Gasteiger partial charge >= 0.3 is 6.18 Å². The molecule has 2 rings (SSSR count). The Labute approximate surface area is 116 Å². The van der Waals surface area contributed by atoms with E-state index in [1.807, 2.05) is 5.32 Å². The predicted octanol–water partition coefficient (Wildman–Crippen LogP) is 2.41. The van der Waals surface area contributed by atoms with Crippen molar-refractivity contribution in [1.29, 1.82) is 0 Å². The Balaban J connectivity index is 2.31. The van der Waals surface area contributed by atoms with Gasteiger partial charge in [0.1, 0.15) is 5.82 Å². The van der Waals surface area contributed by atoms with Gasteiger partial charge in [-0.1, -0.05) is 0 Å². The number of aromatic nitrogens is 2. The number of rotatable bonds is 2. The fourth-order valence-electron chi connectivity index (χ4n) is 1.66. The van der Waals surface area contributed by atoms with Gasteiger partial charge in [0, 0.05) is 13.2 Å². The van der Waals surface area contributed by atoms with Crippen LogP contribution >= 0.6 is 0 Å². The lowest BCUT2D eigenvalue weighted by molar-refractivity contribution is -0.137. The molecule has 0 saturated heterocycles. The molecule has 0 unspecified atom stereocenters. The Morgan fingerprint density at radius 2 is 2.05 bits per heavy atom. The first kappa shape index (κ1) is 14.8. The lowest BCUT2D eigenvalue weighted by Crippen LogP contribution is -2.16. The maximum absolute atomic E-state index is 13.5. The zero-order valence-corrected chi connectivity index (χ0v) is 10.7. The van der Waals surface area contributed by atoms with Crippen molar-refractivity contribution in [2.45, 2.75) is 6.18 Å². The summed E-state index contributed by atoms with van der Waals surface area (Å²) < 4.78 is 52.4. The average molecular weight is 302 g/mol. The normalized spacial score (nSPS) is 11.5. The average Bonchev–Trinajstić information content (AvgIpc) is 2.70. The zero-order chi connectivity index (χ0) is 15.8.